The van der Waals surface area contributed by atoms with Crippen LogP contribution in [0.2, 0.25) is 0 Å². The van der Waals surface area contributed by atoms with E-state index in [9.17, 15) is 0 Å². The second-order valence-corrected chi connectivity index (χ2v) is 7.20. The maximum absolute atomic E-state index is 8.22. The summed E-state index contributed by atoms with van der Waals surface area (Å²) in [5.41, 5.74) is 3.98. The molecule has 0 aliphatic rings. The molecule has 4 rings (SSSR count). The number of para-hydroxylation sites is 1. The molecule has 0 radical (unpaired) electrons. The van der Waals surface area contributed by atoms with Crippen LogP contribution >= 0.6 is 0 Å². The lowest BCUT2D eigenvalue weighted by molar-refractivity contribution is 0.302. The fourth-order valence-corrected chi connectivity index (χ4v) is 3.35. The minimum absolute atomic E-state index is 0.116. The van der Waals surface area contributed by atoms with Crippen molar-refractivity contribution in [1.82, 2.24) is 4.98 Å². The number of aromatic nitrogens is 1. The van der Waals surface area contributed by atoms with E-state index in [2.05, 4.69) is 4.98 Å². The highest BCUT2D eigenvalue weighted by atomic mass is 16.5. The lowest BCUT2D eigenvalue weighted by Crippen LogP contribution is -2.05. The van der Waals surface area contributed by atoms with E-state index in [1.807, 2.05) is 91.0 Å². The summed E-state index contributed by atoms with van der Waals surface area (Å²) in [5.74, 6) is 1.33. The zero-order valence-corrected chi connectivity index (χ0v) is 18.1. The molecule has 1 heterocycles. The predicted molar refractivity (Wildman–Crippen MR) is 131 cm³/mol. The zero-order valence-electron chi connectivity index (χ0n) is 18.1. The number of rotatable bonds is 8. The lowest BCUT2D eigenvalue weighted by atomic mass is 10.0. The van der Waals surface area contributed by atoms with E-state index in [1.165, 1.54) is 0 Å². The third-order valence-corrected chi connectivity index (χ3v) is 5.06. The van der Waals surface area contributed by atoms with Gasteiger partial charge in [0.25, 0.3) is 0 Å². The van der Waals surface area contributed by atoms with E-state index in [0.29, 0.717) is 17.9 Å². The van der Waals surface area contributed by atoms with Gasteiger partial charge in [0.1, 0.15) is 18.1 Å². The van der Waals surface area contributed by atoms with Crippen LogP contribution in [0.5, 0.6) is 11.5 Å². The summed E-state index contributed by atoms with van der Waals surface area (Å²) < 4.78 is 16.1. The standard InChI is InChI=1S/C27H23N3O3/c1-31-23-12-6-19(7-13-23)16-25(27(29)33-18-28)20-9-14-24(15-10-20)32-17-22-11-8-21-4-2-3-5-26(21)30-22/h2-16,18,28-29H,17H2,1H3. The molecule has 0 aliphatic carbocycles. The average Bonchev–Trinajstić information content (AvgIpc) is 2.87. The quantitative estimate of drug-likeness (QED) is 0.202. The first-order chi connectivity index (χ1) is 16.2. The highest BCUT2D eigenvalue weighted by Gasteiger charge is 2.11. The molecule has 0 spiro atoms. The van der Waals surface area contributed by atoms with Gasteiger partial charge in [-0.2, -0.15) is 0 Å². The van der Waals surface area contributed by atoms with Crippen molar-refractivity contribution in [2.75, 3.05) is 7.11 Å². The Morgan fingerprint density at radius 1 is 0.879 bits per heavy atom. The number of benzene rings is 3. The van der Waals surface area contributed by atoms with Crippen molar-refractivity contribution in [2.24, 2.45) is 0 Å². The molecular weight excluding hydrogens is 414 g/mol. The summed E-state index contributed by atoms with van der Waals surface area (Å²) in [4.78, 5) is 4.63. The van der Waals surface area contributed by atoms with Crippen LogP contribution in [0, 0.1) is 10.8 Å². The summed E-state index contributed by atoms with van der Waals surface area (Å²) in [7, 11) is 1.61. The molecule has 2 N–H and O–H groups in total. The smallest absolute Gasteiger partial charge is 0.221 e. The fourth-order valence-electron chi connectivity index (χ4n) is 3.35. The van der Waals surface area contributed by atoms with Gasteiger partial charge < -0.3 is 14.2 Å². The molecule has 0 amide bonds. The van der Waals surface area contributed by atoms with Crippen molar-refractivity contribution >= 4 is 34.9 Å². The van der Waals surface area contributed by atoms with E-state index in [0.717, 1.165) is 39.9 Å². The van der Waals surface area contributed by atoms with Crippen molar-refractivity contribution in [3.05, 3.63) is 102 Å². The third-order valence-electron chi connectivity index (χ3n) is 5.06. The molecular formula is C27H23N3O3. The van der Waals surface area contributed by atoms with Gasteiger partial charge in [0.05, 0.1) is 18.3 Å². The number of hydrogen-bond donors (Lipinski definition) is 2. The normalized spacial score (nSPS) is 11.1. The maximum atomic E-state index is 8.22. The SMILES string of the molecule is COc1ccc(C=C(C(=N)OC=N)c2ccc(OCc3ccc4ccccc4n3)cc2)cc1. The Labute approximate surface area is 192 Å². The molecule has 0 aliphatic heterocycles. The van der Waals surface area contributed by atoms with Crippen LogP contribution in [0.1, 0.15) is 16.8 Å². The number of nitrogens with zero attached hydrogens (tertiary/aromatic N) is 1. The number of pyridine rings is 1. The van der Waals surface area contributed by atoms with Gasteiger partial charge in [-0.05, 0) is 53.6 Å². The van der Waals surface area contributed by atoms with Gasteiger partial charge in [-0.15, -0.1) is 0 Å². The van der Waals surface area contributed by atoms with Crippen molar-refractivity contribution in [2.45, 2.75) is 6.61 Å². The van der Waals surface area contributed by atoms with Gasteiger partial charge in [0.15, 0.2) is 6.40 Å². The molecule has 6 heteroatoms. The van der Waals surface area contributed by atoms with Gasteiger partial charge in [-0.25, -0.2) is 4.98 Å². The Morgan fingerprint density at radius 3 is 2.33 bits per heavy atom. The molecule has 0 bridgehead atoms. The molecule has 0 atom stereocenters. The molecule has 0 fully saturated rings. The highest BCUT2D eigenvalue weighted by Crippen LogP contribution is 2.24. The summed E-state index contributed by atoms with van der Waals surface area (Å²) in [6.07, 6.45) is 2.58. The van der Waals surface area contributed by atoms with Gasteiger partial charge in [0, 0.05) is 11.0 Å². The number of methoxy groups -OCH3 is 1. The van der Waals surface area contributed by atoms with Crippen LogP contribution in [-0.4, -0.2) is 24.4 Å². The Hall–Kier alpha value is -4.45. The Bertz CT molecular complexity index is 1300. The van der Waals surface area contributed by atoms with E-state index in [4.69, 9.17) is 25.0 Å². The predicted octanol–water partition coefficient (Wildman–Crippen LogP) is 5.96. The molecule has 3 aromatic carbocycles. The summed E-state index contributed by atoms with van der Waals surface area (Å²) in [6, 6.07) is 26.9. The molecule has 0 saturated carbocycles. The molecule has 33 heavy (non-hydrogen) atoms. The maximum Gasteiger partial charge on any atom is 0.221 e. The Morgan fingerprint density at radius 2 is 1.61 bits per heavy atom. The minimum Gasteiger partial charge on any atom is -0.497 e. The Kier molecular flexibility index (Phi) is 6.75. The zero-order chi connectivity index (χ0) is 23.0. The van der Waals surface area contributed by atoms with E-state index in [-0.39, 0.29) is 5.90 Å². The van der Waals surface area contributed by atoms with Crippen molar-refractivity contribution in [3.8, 4) is 11.5 Å². The summed E-state index contributed by atoms with van der Waals surface area (Å²) in [6.45, 7) is 0.353. The third kappa shape index (κ3) is 5.43. The average molecular weight is 437 g/mol. The minimum atomic E-state index is -0.116. The number of ether oxygens (including phenoxy) is 3. The van der Waals surface area contributed by atoms with Crippen LogP contribution in [0.15, 0.2) is 84.9 Å². The van der Waals surface area contributed by atoms with Gasteiger partial charge in [-0.1, -0.05) is 48.5 Å². The Balaban J connectivity index is 1.51. The lowest BCUT2D eigenvalue weighted by Gasteiger charge is -2.11. The van der Waals surface area contributed by atoms with Crippen molar-refractivity contribution in [1.29, 1.82) is 10.8 Å². The van der Waals surface area contributed by atoms with Crippen LogP contribution in [0.25, 0.3) is 22.6 Å². The number of nitrogens with one attached hydrogen (secondary N) is 2. The van der Waals surface area contributed by atoms with E-state index in [1.54, 1.807) is 7.11 Å². The first-order valence-electron chi connectivity index (χ1n) is 10.3. The fraction of sp³-hybridized carbons (Fsp3) is 0.0741. The second-order valence-electron chi connectivity index (χ2n) is 7.20. The number of fused-ring (bicyclic) bond motifs is 1. The van der Waals surface area contributed by atoms with Gasteiger partial charge >= 0.3 is 0 Å². The molecule has 4 aromatic rings. The van der Waals surface area contributed by atoms with Crippen LogP contribution in [0.3, 0.4) is 0 Å². The van der Waals surface area contributed by atoms with Gasteiger partial charge in [0.2, 0.25) is 5.90 Å². The largest absolute Gasteiger partial charge is 0.497 e. The van der Waals surface area contributed by atoms with Crippen LogP contribution in [-0.2, 0) is 11.3 Å². The topological polar surface area (TPSA) is 88.3 Å². The number of hydrogen-bond acceptors (Lipinski definition) is 6. The molecule has 1 aromatic heterocycles. The first-order valence-corrected chi connectivity index (χ1v) is 10.3. The molecule has 0 saturated heterocycles. The van der Waals surface area contributed by atoms with Crippen molar-refractivity contribution in [3.63, 3.8) is 0 Å². The molecule has 6 nitrogen and oxygen atoms in total. The van der Waals surface area contributed by atoms with Crippen LogP contribution in [0.4, 0.5) is 0 Å². The molecule has 164 valence electrons. The highest BCUT2D eigenvalue weighted by molar-refractivity contribution is 6.24. The van der Waals surface area contributed by atoms with Gasteiger partial charge in [-0.3, -0.25) is 10.8 Å². The first kappa shape index (κ1) is 21.8. The summed E-state index contributed by atoms with van der Waals surface area (Å²) >= 11 is 0. The summed E-state index contributed by atoms with van der Waals surface area (Å²) in [5, 5.41) is 16.5. The van der Waals surface area contributed by atoms with E-state index >= 15 is 0 Å². The molecule has 0 unspecified atom stereocenters. The van der Waals surface area contributed by atoms with Crippen LogP contribution < -0.4 is 9.47 Å². The van der Waals surface area contributed by atoms with Crippen molar-refractivity contribution < 1.29 is 14.2 Å². The monoisotopic (exact) mass is 437 g/mol. The second kappa shape index (κ2) is 10.2. The van der Waals surface area contributed by atoms with E-state index < -0.39 is 0 Å².